The van der Waals surface area contributed by atoms with E-state index in [4.69, 9.17) is 0 Å². The first kappa shape index (κ1) is 17.0. The van der Waals surface area contributed by atoms with Crippen molar-refractivity contribution in [2.45, 2.75) is 31.9 Å². The molecule has 6 heteroatoms. The number of sulfone groups is 1. The van der Waals surface area contributed by atoms with Gasteiger partial charge in [0.25, 0.3) is 0 Å². The van der Waals surface area contributed by atoms with E-state index < -0.39 is 26.2 Å². The Balaban J connectivity index is 1.90. The van der Waals surface area contributed by atoms with Crippen molar-refractivity contribution < 1.29 is 13.2 Å². The molecule has 0 saturated carbocycles. The molecule has 4 nitrogen and oxygen atoms in total. The molecule has 1 heterocycles. The zero-order chi connectivity index (χ0) is 16.4. The second kappa shape index (κ2) is 6.38. The molecule has 0 unspecified atom stereocenters. The van der Waals surface area contributed by atoms with Crippen LogP contribution in [0.3, 0.4) is 0 Å². The number of hydrogen-bond donors (Lipinski definition) is 1. The third-order valence-corrected chi connectivity index (χ3v) is 7.05. The van der Waals surface area contributed by atoms with Gasteiger partial charge in [0, 0.05) is 11.2 Å². The number of fused-ring (bicyclic) bond motifs is 1. The third kappa shape index (κ3) is 3.87. The highest BCUT2D eigenvalue weighted by Gasteiger charge is 2.31. The van der Waals surface area contributed by atoms with Gasteiger partial charge in [0.15, 0.2) is 9.84 Å². The van der Waals surface area contributed by atoms with E-state index >= 15 is 0 Å². The molecule has 1 N–H and O–H groups in total. The lowest BCUT2D eigenvalue weighted by molar-refractivity contribution is -0.118. The molecule has 0 saturated heterocycles. The van der Waals surface area contributed by atoms with Crippen LogP contribution in [-0.2, 0) is 21.1 Å². The highest BCUT2D eigenvalue weighted by molar-refractivity contribution is 7.93. The second-order valence-corrected chi connectivity index (χ2v) is 9.88. The summed E-state index contributed by atoms with van der Waals surface area (Å²) in [5, 5.41) is 5.98. The number of nitrogens with one attached hydrogen (secondary N) is 1. The number of carbonyl (C=O) groups is 1. The molecule has 1 aromatic heterocycles. The molecule has 0 fully saturated rings. The summed E-state index contributed by atoms with van der Waals surface area (Å²) >= 11 is 1.68. The molecule has 0 aliphatic carbocycles. The van der Waals surface area contributed by atoms with E-state index in [-0.39, 0.29) is 0 Å². The van der Waals surface area contributed by atoms with Gasteiger partial charge in [0.2, 0.25) is 5.91 Å². The molecule has 0 spiro atoms. The largest absolute Gasteiger partial charge is 0.355 e. The first-order valence-corrected chi connectivity index (χ1v) is 9.68. The Hall–Kier alpha value is -1.40. The monoisotopic (exact) mass is 339 g/mol. The van der Waals surface area contributed by atoms with Crippen molar-refractivity contribution in [3.63, 3.8) is 0 Å². The van der Waals surface area contributed by atoms with Gasteiger partial charge in [-0.15, -0.1) is 11.3 Å². The molecule has 0 aliphatic heterocycles. The predicted octanol–water partition coefficient (Wildman–Crippen LogP) is 2.77. The maximum absolute atomic E-state index is 12.0. The average molecular weight is 339 g/mol. The topological polar surface area (TPSA) is 63.2 Å². The van der Waals surface area contributed by atoms with Crippen molar-refractivity contribution in [3.05, 3.63) is 35.2 Å². The fourth-order valence-electron chi connectivity index (χ4n) is 2.00. The molecule has 0 radical (unpaired) electrons. The van der Waals surface area contributed by atoms with Crippen LogP contribution in [0, 0.1) is 0 Å². The van der Waals surface area contributed by atoms with Gasteiger partial charge in [-0.3, -0.25) is 4.79 Å². The van der Waals surface area contributed by atoms with Crippen LogP contribution in [-0.4, -0.2) is 31.4 Å². The smallest absolute Gasteiger partial charge is 0.235 e. The minimum atomic E-state index is -3.43. The van der Waals surface area contributed by atoms with Gasteiger partial charge in [0.1, 0.15) is 5.75 Å². The molecule has 2 aromatic rings. The molecule has 22 heavy (non-hydrogen) atoms. The fourth-order valence-corrected chi connectivity index (χ4v) is 3.88. The summed E-state index contributed by atoms with van der Waals surface area (Å²) < 4.78 is 24.3. The number of rotatable bonds is 5. The van der Waals surface area contributed by atoms with Crippen LogP contribution in [0.2, 0.25) is 0 Å². The molecule has 1 amide bonds. The van der Waals surface area contributed by atoms with Crippen molar-refractivity contribution >= 4 is 37.2 Å². The van der Waals surface area contributed by atoms with E-state index in [2.05, 4.69) is 22.8 Å². The fraction of sp³-hybridized carbons (Fsp3) is 0.438. The maximum atomic E-state index is 12.0. The predicted molar refractivity (Wildman–Crippen MR) is 92.1 cm³/mol. The molecule has 120 valence electrons. The highest BCUT2D eigenvalue weighted by atomic mass is 32.2. The van der Waals surface area contributed by atoms with E-state index in [1.807, 2.05) is 12.1 Å². The second-order valence-electron chi connectivity index (χ2n) is 6.23. The van der Waals surface area contributed by atoms with E-state index in [9.17, 15) is 13.2 Å². The van der Waals surface area contributed by atoms with Crippen LogP contribution >= 0.6 is 11.3 Å². The Bertz CT molecular complexity index is 770. The number of hydrogen-bond acceptors (Lipinski definition) is 4. The van der Waals surface area contributed by atoms with Crippen LogP contribution in [0.4, 0.5) is 0 Å². The quantitative estimate of drug-likeness (QED) is 0.911. The van der Waals surface area contributed by atoms with Gasteiger partial charge in [-0.1, -0.05) is 18.2 Å². The van der Waals surface area contributed by atoms with Crippen LogP contribution in [0.1, 0.15) is 26.3 Å². The molecule has 0 bridgehead atoms. The zero-order valence-corrected chi connectivity index (χ0v) is 14.7. The summed E-state index contributed by atoms with van der Waals surface area (Å²) in [5.74, 6) is -0.893. The van der Waals surface area contributed by atoms with E-state index in [1.54, 1.807) is 32.1 Å². The summed E-state index contributed by atoms with van der Waals surface area (Å²) in [7, 11) is -3.43. The van der Waals surface area contributed by atoms with Crippen molar-refractivity contribution in [2.24, 2.45) is 0 Å². The Labute approximate surface area is 135 Å². The summed E-state index contributed by atoms with van der Waals surface area (Å²) in [4.78, 5) is 11.8. The van der Waals surface area contributed by atoms with Gasteiger partial charge in [-0.2, -0.15) is 0 Å². The summed E-state index contributed by atoms with van der Waals surface area (Å²) in [6.45, 7) is 5.26. The van der Waals surface area contributed by atoms with Gasteiger partial charge >= 0.3 is 0 Å². The summed E-state index contributed by atoms with van der Waals surface area (Å²) in [6, 6.07) is 8.12. The normalized spacial score (nSPS) is 12.5. The molecule has 1 aromatic carbocycles. The molecule has 2 rings (SSSR count). The number of carbonyl (C=O) groups excluding carboxylic acids is 1. The van der Waals surface area contributed by atoms with Crippen molar-refractivity contribution in [3.8, 4) is 0 Å². The van der Waals surface area contributed by atoms with Gasteiger partial charge in [-0.25, -0.2) is 8.42 Å². The highest BCUT2D eigenvalue weighted by Crippen LogP contribution is 2.25. The Morgan fingerprint density at radius 2 is 1.91 bits per heavy atom. The Morgan fingerprint density at radius 3 is 2.59 bits per heavy atom. The summed E-state index contributed by atoms with van der Waals surface area (Å²) in [6.07, 6.45) is 0.700. The number of thiophene rings is 1. The van der Waals surface area contributed by atoms with Crippen LogP contribution in [0.15, 0.2) is 29.6 Å². The van der Waals surface area contributed by atoms with Crippen molar-refractivity contribution in [1.82, 2.24) is 5.32 Å². The van der Waals surface area contributed by atoms with E-state index in [1.165, 1.54) is 15.6 Å². The molecular formula is C16H21NO3S2. The van der Waals surface area contributed by atoms with Crippen LogP contribution in [0.25, 0.3) is 10.1 Å². The molecular weight excluding hydrogens is 318 g/mol. The lowest BCUT2D eigenvalue weighted by Gasteiger charge is -2.18. The lowest BCUT2D eigenvalue weighted by atomic mass is 10.1. The van der Waals surface area contributed by atoms with Gasteiger partial charge < -0.3 is 5.32 Å². The zero-order valence-electron chi connectivity index (χ0n) is 13.0. The van der Waals surface area contributed by atoms with Gasteiger partial charge in [0.05, 0.1) is 4.75 Å². The minimum absolute atomic E-state index is 0.436. The average Bonchev–Trinajstić information content (AvgIpc) is 2.80. The van der Waals surface area contributed by atoms with Crippen LogP contribution in [0.5, 0.6) is 0 Å². The first-order valence-electron chi connectivity index (χ1n) is 7.15. The standard InChI is InChI=1S/C16H21NO3S2/c1-16(2,3)22(19,20)11-15(18)17-9-8-12-10-21-14-7-5-4-6-13(12)14/h4-7,10H,8-9,11H2,1-3H3,(H,17,18). The third-order valence-electron chi connectivity index (χ3n) is 3.53. The molecule has 0 aliphatic rings. The summed E-state index contributed by atoms with van der Waals surface area (Å²) in [5.41, 5.74) is 1.18. The van der Waals surface area contributed by atoms with E-state index in [0.29, 0.717) is 13.0 Å². The first-order chi connectivity index (χ1) is 10.2. The number of amides is 1. The van der Waals surface area contributed by atoms with Crippen molar-refractivity contribution in [1.29, 1.82) is 0 Å². The van der Waals surface area contributed by atoms with Gasteiger partial charge in [-0.05, 0) is 49.6 Å². The maximum Gasteiger partial charge on any atom is 0.235 e. The Morgan fingerprint density at radius 1 is 1.23 bits per heavy atom. The van der Waals surface area contributed by atoms with Crippen molar-refractivity contribution in [2.75, 3.05) is 12.3 Å². The Kier molecular flexibility index (Phi) is 4.92. The molecule has 0 atom stereocenters. The lowest BCUT2D eigenvalue weighted by Crippen LogP contribution is -2.38. The number of benzene rings is 1. The van der Waals surface area contributed by atoms with E-state index in [0.717, 1.165) is 0 Å². The minimum Gasteiger partial charge on any atom is -0.355 e. The SMILES string of the molecule is CC(C)(C)S(=O)(=O)CC(=O)NCCc1csc2ccccc12. The van der Waals surface area contributed by atoms with Crippen LogP contribution < -0.4 is 5.32 Å².